The van der Waals surface area contributed by atoms with Crippen LogP contribution in [0.2, 0.25) is 0 Å². The number of benzene rings is 3. The van der Waals surface area contributed by atoms with Crippen molar-refractivity contribution in [3.63, 3.8) is 0 Å². The number of hydrogen-bond donors (Lipinski definition) is 5. The SMILES string of the molecule is CCOc1cccc(CNc2cc(C(F)(F)F)ccc2C(=O)Nc2ccc(C(=N)N)cc2)c1OCC(=O)O. The van der Waals surface area contributed by atoms with Crippen LogP contribution >= 0.6 is 0 Å². The highest BCUT2D eigenvalue weighted by Gasteiger charge is 2.31. The zero-order valence-electron chi connectivity index (χ0n) is 20.2. The molecule has 0 atom stereocenters. The number of carbonyl (C=O) groups is 2. The maximum Gasteiger partial charge on any atom is 0.416 e. The molecule has 0 radical (unpaired) electrons. The number of amidine groups is 1. The highest BCUT2D eigenvalue weighted by molar-refractivity contribution is 6.08. The topological polar surface area (TPSA) is 147 Å². The van der Waals surface area contributed by atoms with E-state index in [9.17, 15) is 22.8 Å². The van der Waals surface area contributed by atoms with E-state index in [0.717, 1.165) is 18.2 Å². The lowest BCUT2D eigenvalue weighted by Gasteiger charge is -2.18. The van der Waals surface area contributed by atoms with Crippen LogP contribution in [0.5, 0.6) is 11.5 Å². The minimum Gasteiger partial charge on any atom is -0.490 e. The van der Waals surface area contributed by atoms with Crippen LogP contribution in [0.1, 0.15) is 34.0 Å². The molecule has 3 aromatic carbocycles. The Morgan fingerprint density at radius 2 is 1.76 bits per heavy atom. The lowest BCUT2D eigenvalue weighted by molar-refractivity contribution is -0.139. The fourth-order valence-electron chi connectivity index (χ4n) is 3.45. The predicted octanol–water partition coefficient (Wildman–Crippen LogP) is 4.72. The molecule has 0 heterocycles. The average molecular weight is 531 g/mol. The smallest absolute Gasteiger partial charge is 0.416 e. The number of alkyl halides is 3. The van der Waals surface area contributed by atoms with E-state index in [1.807, 2.05) is 0 Å². The Kier molecular flexibility index (Phi) is 8.79. The monoisotopic (exact) mass is 530 g/mol. The second-order valence-corrected chi connectivity index (χ2v) is 7.92. The van der Waals surface area contributed by atoms with Crippen LogP contribution < -0.4 is 25.8 Å². The van der Waals surface area contributed by atoms with Crippen molar-refractivity contribution in [3.8, 4) is 11.5 Å². The summed E-state index contributed by atoms with van der Waals surface area (Å²) in [5, 5.41) is 21.9. The van der Waals surface area contributed by atoms with Crippen LogP contribution in [0.4, 0.5) is 24.5 Å². The van der Waals surface area contributed by atoms with Crippen molar-refractivity contribution in [3.05, 3.63) is 82.9 Å². The predicted molar refractivity (Wildman–Crippen MR) is 135 cm³/mol. The molecule has 0 aliphatic carbocycles. The van der Waals surface area contributed by atoms with Crippen molar-refractivity contribution in [1.82, 2.24) is 0 Å². The molecule has 1 amide bonds. The van der Waals surface area contributed by atoms with Gasteiger partial charge in [-0.2, -0.15) is 13.2 Å². The third-order valence-electron chi connectivity index (χ3n) is 5.21. The lowest BCUT2D eigenvalue weighted by atomic mass is 10.1. The van der Waals surface area contributed by atoms with E-state index < -0.39 is 30.2 Å². The highest BCUT2D eigenvalue weighted by Crippen LogP contribution is 2.35. The van der Waals surface area contributed by atoms with E-state index in [1.165, 1.54) is 24.3 Å². The van der Waals surface area contributed by atoms with Gasteiger partial charge in [0.25, 0.3) is 5.91 Å². The van der Waals surface area contributed by atoms with E-state index in [2.05, 4.69) is 10.6 Å². The zero-order chi connectivity index (χ0) is 27.9. The summed E-state index contributed by atoms with van der Waals surface area (Å²) in [6.45, 7) is 1.24. The first-order valence-corrected chi connectivity index (χ1v) is 11.3. The van der Waals surface area contributed by atoms with Gasteiger partial charge < -0.3 is 30.9 Å². The molecule has 6 N–H and O–H groups in total. The summed E-state index contributed by atoms with van der Waals surface area (Å²) >= 11 is 0. The molecule has 0 saturated heterocycles. The summed E-state index contributed by atoms with van der Waals surface area (Å²) in [5.74, 6) is -1.67. The number of rotatable bonds is 11. The minimum atomic E-state index is -4.65. The van der Waals surface area contributed by atoms with Gasteiger partial charge in [-0.3, -0.25) is 10.2 Å². The number of ether oxygens (including phenoxy) is 2. The number of anilines is 2. The molecule has 0 spiro atoms. The molecular formula is C26H25F3N4O5. The highest BCUT2D eigenvalue weighted by atomic mass is 19.4. The lowest BCUT2D eigenvalue weighted by Crippen LogP contribution is -2.17. The van der Waals surface area contributed by atoms with Gasteiger partial charge in [0.1, 0.15) is 5.84 Å². The van der Waals surface area contributed by atoms with Gasteiger partial charge in [-0.05, 0) is 55.5 Å². The van der Waals surface area contributed by atoms with Crippen LogP contribution in [0, 0.1) is 5.41 Å². The summed E-state index contributed by atoms with van der Waals surface area (Å²) in [6, 6.07) is 13.5. The summed E-state index contributed by atoms with van der Waals surface area (Å²) in [4.78, 5) is 24.0. The van der Waals surface area contributed by atoms with Gasteiger partial charge in [0.2, 0.25) is 0 Å². The van der Waals surface area contributed by atoms with Gasteiger partial charge in [-0.15, -0.1) is 0 Å². The quantitative estimate of drug-likeness (QED) is 0.178. The van der Waals surface area contributed by atoms with Crippen molar-refractivity contribution >= 4 is 29.1 Å². The molecule has 200 valence electrons. The number of carboxylic acids is 1. The van der Waals surface area contributed by atoms with E-state index in [4.69, 9.17) is 25.7 Å². The fraction of sp³-hybridized carbons (Fsp3) is 0.192. The maximum absolute atomic E-state index is 13.4. The number of carbonyl (C=O) groups excluding carboxylic acids is 1. The third-order valence-corrected chi connectivity index (χ3v) is 5.21. The average Bonchev–Trinajstić information content (AvgIpc) is 2.86. The second kappa shape index (κ2) is 12.0. The first-order valence-electron chi connectivity index (χ1n) is 11.3. The van der Waals surface area contributed by atoms with E-state index in [-0.39, 0.29) is 41.7 Å². The molecule has 9 nitrogen and oxygen atoms in total. The van der Waals surface area contributed by atoms with Crippen LogP contribution in [0.3, 0.4) is 0 Å². The molecule has 0 bridgehead atoms. The summed E-state index contributed by atoms with van der Waals surface area (Å²) < 4.78 is 51.2. The third kappa shape index (κ3) is 7.15. The number of carboxylic acid groups (broad SMARTS) is 1. The van der Waals surface area contributed by atoms with Gasteiger partial charge in [0, 0.05) is 29.0 Å². The number of halogens is 3. The number of nitrogens with one attached hydrogen (secondary N) is 3. The van der Waals surface area contributed by atoms with Gasteiger partial charge in [-0.25, -0.2) is 4.79 Å². The van der Waals surface area contributed by atoms with Crippen LogP contribution in [-0.2, 0) is 17.5 Å². The van der Waals surface area contributed by atoms with Gasteiger partial charge in [-0.1, -0.05) is 12.1 Å². The van der Waals surface area contributed by atoms with Crippen molar-refractivity contribution < 1.29 is 37.3 Å². The van der Waals surface area contributed by atoms with Crippen LogP contribution in [0.25, 0.3) is 0 Å². The van der Waals surface area contributed by atoms with Gasteiger partial charge in [0.15, 0.2) is 18.1 Å². The minimum absolute atomic E-state index is 0.0670. The molecule has 3 aromatic rings. The first kappa shape index (κ1) is 27.8. The van der Waals surface area contributed by atoms with Crippen molar-refractivity contribution in [2.24, 2.45) is 5.73 Å². The molecule has 0 aromatic heterocycles. The number of amides is 1. The maximum atomic E-state index is 13.4. The van der Waals surface area contributed by atoms with Crippen molar-refractivity contribution in [1.29, 1.82) is 5.41 Å². The Bertz CT molecular complexity index is 1330. The zero-order valence-corrected chi connectivity index (χ0v) is 20.2. The Labute approximate surface area is 215 Å². The Balaban J connectivity index is 1.92. The van der Waals surface area contributed by atoms with Crippen LogP contribution in [-0.4, -0.2) is 36.0 Å². The molecule has 0 unspecified atom stereocenters. The fourth-order valence-corrected chi connectivity index (χ4v) is 3.45. The normalized spacial score (nSPS) is 10.9. The Hall–Kier alpha value is -4.74. The number of nitrogens with two attached hydrogens (primary N) is 1. The standard InChI is InChI=1S/C26H25F3N4O5/c1-2-37-21-5-3-4-16(23(21)38-14-22(34)35)13-32-20-12-17(26(27,28)29)8-11-19(20)25(36)33-18-9-6-15(7-10-18)24(30)31/h3-12,32H,2,13-14H2,1H3,(H3,30,31)(H,33,36)(H,34,35). The van der Waals surface area contributed by atoms with Crippen molar-refractivity contribution in [2.75, 3.05) is 23.8 Å². The molecule has 0 fully saturated rings. The summed E-state index contributed by atoms with van der Waals surface area (Å²) in [5.41, 5.74) is 5.48. The number of aliphatic carboxylic acids is 1. The molecular weight excluding hydrogens is 505 g/mol. The van der Waals surface area contributed by atoms with Gasteiger partial charge >= 0.3 is 12.1 Å². The number of para-hydroxylation sites is 1. The molecule has 0 saturated carbocycles. The molecule has 0 aliphatic rings. The summed E-state index contributed by atoms with van der Waals surface area (Å²) in [7, 11) is 0. The van der Waals surface area contributed by atoms with E-state index in [1.54, 1.807) is 25.1 Å². The Morgan fingerprint density at radius 1 is 1.05 bits per heavy atom. The molecule has 3 rings (SSSR count). The van der Waals surface area contributed by atoms with E-state index >= 15 is 0 Å². The van der Waals surface area contributed by atoms with Gasteiger partial charge in [0.05, 0.1) is 17.7 Å². The number of nitrogen functional groups attached to an aromatic ring is 1. The number of hydrogen-bond acceptors (Lipinski definition) is 6. The Morgan fingerprint density at radius 3 is 2.37 bits per heavy atom. The first-order chi connectivity index (χ1) is 18.0. The molecule has 12 heteroatoms. The van der Waals surface area contributed by atoms with E-state index in [0.29, 0.717) is 16.8 Å². The summed E-state index contributed by atoms with van der Waals surface area (Å²) in [6.07, 6.45) is -4.65. The van der Waals surface area contributed by atoms with Crippen molar-refractivity contribution in [2.45, 2.75) is 19.6 Å². The second-order valence-electron chi connectivity index (χ2n) is 7.92. The molecule has 38 heavy (non-hydrogen) atoms. The largest absolute Gasteiger partial charge is 0.490 e. The van der Waals surface area contributed by atoms with Crippen LogP contribution in [0.15, 0.2) is 60.7 Å². The molecule has 0 aliphatic heterocycles.